The van der Waals surface area contributed by atoms with Gasteiger partial charge in [0.15, 0.2) is 11.4 Å². The van der Waals surface area contributed by atoms with Crippen LogP contribution < -0.4 is 10.1 Å². The van der Waals surface area contributed by atoms with E-state index in [1.807, 2.05) is 62.5 Å². The second-order valence-electron chi connectivity index (χ2n) is 14.1. The first kappa shape index (κ1) is 35.5. The number of oxazole rings is 1. The molecule has 2 N–H and O–H groups in total. The van der Waals surface area contributed by atoms with Crippen molar-refractivity contribution in [3.8, 4) is 28.3 Å². The molecule has 0 bridgehead atoms. The molecule has 0 saturated carbocycles. The quantitative estimate of drug-likeness (QED) is 0.134. The zero-order valence-electron chi connectivity index (χ0n) is 29.9. The summed E-state index contributed by atoms with van der Waals surface area (Å²) in [7, 11) is 0. The molecule has 0 spiro atoms. The first-order chi connectivity index (χ1) is 26.1. The number of anilines is 2. The van der Waals surface area contributed by atoms with E-state index in [9.17, 15) is 23.1 Å². The molecule has 278 valence electrons. The maximum Gasteiger partial charge on any atom is 0.387 e. The summed E-state index contributed by atoms with van der Waals surface area (Å²) in [6.45, 7) is 3.46. The molecule has 2 atom stereocenters. The molecule has 8 rings (SSSR count). The molecule has 3 aromatic heterocycles. The highest BCUT2D eigenvalue weighted by Gasteiger charge is 2.31. The highest BCUT2D eigenvalue weighted by Crippen LogP contribution is 2.39. The molecule has 5 heterocycles. The summed E-state index contributed by atoms with van der Waals surface area (Å²) in [5, 5.41) is 14.1. The van der Waals surface area contributed by atoms with Crippen molar-refractivity contribution < 1.29 is 32.2 Å². The van der Waals surface area contributed by atoms with Gasteiger partial charge >= 0.3 is 12.6 Å². The van der Waals surface area contributed by atoms with Gasteiger partial charge in [0.05, 0.1) is 0 Å². The number of carboxylic acid groups (broad SMARTS) is 1. The Hall–Kier alpha value is -5.53. The third kappa shape index (κ3) is 7.08. The van der Waals surface area contributed by atoms with Crippen LogP contribution in [0.3, 0.4) is 0 Å². The van der Waals surface area contributed by atoms with Gasteiger partial charge in [0, 0.05) is 66.8 Å². The molecule has 0 aliphatic carbocycles. The van der Waals surface area contributed by atoms with Crippen molar-refractivity contribution in [1.82, 2.24) is 24.8 Å². The Morgan fingerprint density at radius 2 is 1.80 bits per heavy atom. The Morgan fingerprint density at radius 1 is 1.00 bits per heavy atom. The summed E-state index contributed by atoms with van der Waals surface area (Å²) >= 11 is 0. The lowest BCUT2D eigenvalue weighted by atomic mass is 9.93. The van der Waals surface area contributed by atoms with Gasteiger partial charge in [-0.1, -0.05) is 24.3 Å². The summed E-state index contributed by atoms with van der Waals surface area (Å²) in [5.74, 6) is -0.0688. The fourth-order valence-corrected chi connectivity index (χ4v) is 7.78. The molecule has 10 nitrogen and oxygen atoms in total. The number of benzene rings is 3. The Bertz CT molecular complexity index is 2370. The van der Waals surface area contributed by atoms with Gasteiger partial charge < -0.3 is 19.6 Å². The fraction of sp³-hybridized carbons (Fsp3) is 0.317. The second-order valence-corrected chi connectivity index (χ2v) is 14.1. The molecule has 54 heavy (non-hydrogen) atoms. The number of likely N-dealkylation sites (tertiary alicyclic amines) is 2. The largest absolute Gasteiger partial charge is 0.480 e. The molecule has 0 amide bonds. The summed E-state index contributed by atoms with van der Waals surface area (Å²) < 4.78 is 51.8. The van der Waals surface area contributed by atoms with Crippen LogP contribution in [0.2, 0.25) is 0 Å². The van der Waals surface area contributed by atoms with Gasteiger partial charge in [-0.15, -0.1) is 0 Å². The van der Waals surface area contributed by atoms with Gasteiger partial charge in [0.2, 0.25) is 5.89 Å². The fourth-order valence-electron chi connectivity index (χ4n) is 7.78. The van der Waals surface area contributed by atoms with E-state index in [0.29, 0.717) is 61.7 Å². The van der Waals surface area contributed by atoms with Crippen molar-refractivity contribution >= 4 is 39.5 Å². The van der Waals surface area contributed by atoms with E-state index < -0.39 is 24.8 Å². The summed E-state index contributed by atoms with van der Waals surface area (Å²) in [5.41, 5.74) is 8.33. The van der Waals surface area contributed by atoms with Crippen molar-refractivity contribution in [3.63, 3.8) is 0 Å². The van der Waals surface area contributed by atoms with Crippen molar-refractivity contribution in [1.29, 1.82) is 0 Å². The van der Waals surface area contributed by atoms with E-state index in [0.717, 1.165) is 56.5 Å². The average Bonchev–Trinajstić information content (AvgIpc) is 3.89. The molecule has 13 heteroatoms. The number of ether oxygens (including phenoxy) is 1. The van der Waals surface area contributed by atoms with Crippen LogP contribution in [0.15, 0.2) is 77.5 Å². The van der Waals surface area contributed by atoms with Gasteiger partial charge in [-0.3, -0.25) is 19.6 Å². The molecule has 6 aromatic rings. The number of aromatic nitrogens is 3. The zero-order valence-corrected chi connectivity index (χ0v) is 29.9. The third-order valence-electron chi connectivity index (χ3n) is 10.5. The minimum atomic E-state index is -3.07. The number of nitrogens with zero attached hydrogens (tertiary/aromatic N) is 5. The lowest BCUT2D eigenvalue weighted by molar-refractivity contribution is -0.142. The first-order valence-corrected chi connectivity index (χ1v) is 18.0. The average molecular weight is 737 g/mol. The lowest BCUT2D eigenvalue weighted by Crippen LogP contribution is -2.35. The van der Waals surface area contributed by atoms with Crippen LogP contribution in [0.4, 0.5) is 24.7 Å². The Morgan fingerprint density at radius 3 is 2.57 bits per heavy atom. The molecule has 0 radical (unpaired) electrons. The number of aliphatic carboxylic acids is 1. The van der Waals surface area contributed by atoms with E-state index in [4.69, 9.17) is 19.1 Å². The molecule has 3 aromatic carbocycles. The summed E-state index contributed by atoms with van der Waals surface area (Å²) in [6, 6.07) is 18.2. The number of alkyl halides is 3. The van der Waals surface area contributed by atoms with Gasteiger partial charge in [-0.25, -0.2) is 14.4 Å². The van der Waals surface area contributed by atoms with Crippen molar-refractivity contribution in [3.05, 3.63) is 95.3 Å². The van der Waals surface area contributed by atoms with Crippen molar-refractivity contribution in [2.75, 3.05) is 25.0 Å². The molecule has 1 unspecified atom stereocenters. The topological polar surface area (TPSA) is 117 Å². The van der Waals surface area contributed by atoms with E-state index in [1.54, 1.807) is 17.2 Å². The predicted molar refractivity (Wildman–Crippen MR) is 200 cm³/mol. The van der Waals surface area contributed by atoms with Crippen molar-refractivity contribution in [2.45, 2.75) is 65.0 Å². The highest BCUT2D eigenvalue weighted by atomic mass is 19.3. The molecular weight excluding hydrogens is 697 g/mol. The van der Waals surface area contributed by atoms with E-state index in [-0.39, 0.29) is 17.9 Å². The molecule has 2 aliphatic rings. The van der Waals surface area contributed by atoms with Crippen molar-refractivity contribution in [2.24, 2.45) is 0 Å². The zero-order chi connectivity index (χ0) is 37.5. The predicted octanol–water partition coefficient (Wildman–Crippen LogP) is 8.66. The second kappa shape index (κ2) is 14.7. The maximum absolute atomic E-state index is 13.7. The van der Waals surface area contributed by atoms with Gasteiger partial charge in [0.1, 0.15) is 29.0 Å². The number of carbonyl (C=O) groups is 1. The van der Waals surface area contributed by atoms with E-state index >= 15 is 0 Å². The minimum absolute atomic E-state index is 0.0728. The van der Waals surface area contributed by atoms with E-state index in [2.05, 4.69) is 21.3 Å². The van der Waals surface area contributed by atoms with E-state index in [1.165, 1.54) is 6.07 Å². The van der Waals surface area contributed by atoms with Crippen LogP contribution in [0, 0.1) is 13.8 Å². The molecular formula is C41H39F3N6O4. The number of rotatable bonds is 11. The lowest BCUT2D eigenvalue weighted by Gasteiger charge is -2.22. The standard InChI is InChI=1S/C41H39F3N6O4/c1-23-29(30-7-4-9-32(24(30)2)47-38-37-26(11-13-45-38)16-25(19-46-37)20-49-15-12-28(42)22-49)6-3-8-31(23)39-48-33-17-27(21-50-14-5-10-34(50)40(51)52)35(54-41(43)44)18-36(33)53-39/h3-4,6-9,11,13,16-19,28,34,41H,5,10,12,14-15,20-22H2,1-2H3,(H,45,47)(H,51,52)/t28?,34-/m0/s1. The Labute approximate surface area is 309 Å². The highest BCUT2D eigenvalue weighted by molar-refractivity contribution is 5.91. The summed E-state index contributed by atoms with van der Waals surface area (Å²) in [6.07, 6.45) is 4.58. The third-order valence-corrected chi connectivity index (χ3v) is 10.5. The van der Waals surface area contributed by atoms with Crippen LogP contribution in [-0.2, 0) is 17.9 Å². The number of hydrogen-bond acceptors (Lipinski definition) is 9. The molecule has 2 saturated heterocycles. The Kier molecular flexibility index (Phi) is 9.67. The number of hydrogen-bond donors (Lipinski definition) is 2. The smallest absolute Gasteiger partial charge is 0.387 e. The van der Waals surface area contributed by atoms with Crippen LogP contribution >= 0.6 is 0 Å². The van der Waals surface area contributed by atoms with Gasteiger partial charge in [-0.05, 0) is 97.8 Å². The number of pyridine rings is 2. The van der Waals surface area contributed by atoms with Crippen LogP contribution in [-0.4, -0.2) is 74.3 Å². The maximum atomic E-state index is 13.7. The number of carboxylic acids is 1. The number of halogens is 3. The molecule has 2 aliphatic heterocycles. The normalized spacial score (nSPS) is 18.0. The van der Waals surface area contributed by atoms with Crippen LogP contribution in [0.5, 0.6) is 5.75 Å². The SMILES string of the molecule is Cc1c(Nc2nccc3cc(CN4CCC(F)C4)cnc23)cccc1-c1cccc(-c2nc3cc(CN4CCC[C@H]4C(=O)O)c(OC(F)F)cc3o2)c1C. The van der Waals surface area contributed by atoms with Gasteiger partial charge in [-0.2, -0.15) is 8.78 Å². The monoisotopic (exact) mass is 736 g/mol. The number of fused-ring (bicyclic) bond motifs is 2. The first-order valence-electron chi connectivity index (χ1n) is 18.0. The molecule has 2 fully saturated rings. The van der Waals surface area contributed by atoms with Crippen LogP contribution in [0.1, 0.15) is 41.5 Å². The minimum Gasteiger partial charge on any atom is -0.480 e. The summed E-state index contributed by atoms with van der Waals surface area (Å²) in [4.78, 5) is 29.8. The number of nitrogens with one attached hydrogen (secondary N) is 1. The van der Waals surface area contributed by atoms with Crippen LogP contribution in [0.25, 0.3) is 44.6 Å². The Balaban J connectivity index is 1.08. The van der Waals surface area contributed by atoms with Gasteiger partial charge in [0.25, 0.3) is 0 Å².